The van der Waals surface area contributed by atoms with Gasteiger partial charge < -0.3 is 5.11 Å². The quantitative estimate of drug-likeness (QED) is 0.635. The highest BCUT2D eigenvalue weighted by Gasteiger charge is 2.03. The summed E-state index contributed by atoms with van der Waals surface area (Å²) >= 11 is 0. The Balaban J connectivity index is 4.14. The van der Waals surface area contributed by atoms with E-state index in [2.05, 4.69) is 13.8 Å². The highest BCUT2D eigenvalue weighted by molar-refractivity contribution is 5.85. The van der Waals surface area contributed by atoms with E-state index in [-0.39, 0.29) is 0 Å². The number of hydrogen-bond donors (Lipinski definition) is 1. The smallest absolute Gasteiger partial charge is 0.330 e. The number of carboxylic acid groups (broad SMARTS) is 1. The van der Waals surface area contributed by atoms with E-state index in [1.807, 2.05) is 6.08 Å². The van der Waals surface area contributed by atoms with Crippen molar-refractivity contribution in [2.24, 2.45) is 5.92 Å². The molecule has 0 rings (SSSR count). The lowest BCUT2D eigenvalue weighted by atomic mass is 10.0. The van der Waals surface area contributed by atoms with E-state index >= 15 is 0 Å². The summed E-state index contributed by atoms with van der Waals surface area (Å²) in [7, 11) is 0. The van der Waals surface area contributed by atoms with E-state index in [1.54, 1.807) is 6.92 Å². The summed E-state index contributed by atoms with van der Waals surface area (Å²) in [5, 5.41) is 8.55. The molecule has 0 radical (unpaired) electrons. The van der Waals surface area contributed by atoms with Crippen LogP contribution in [0.2, 0.25) is 0 Å². The SMILES string of the molecule is CCC(C=C(C)C(=O)O)CC. The fourth-order valence-electron chi connectivity index (χ4n) is 0.949. The molecule has 0 aromatic heterocycles. The first-order chi connectivity index (χ1) is 5.11. The number of aliphatic carboxylic acids is 1. The molecule has 0 aromatic rings. The molecule has 0 saturated carbocycles. The van der Waals surface area contributed by atoms with Crippen molar-refractivity contribution in [2.75, 3.05) is 0 Å². The van der Waals surface area contributed by atoms with E-state index in [9.17, 15) is 4.79 Å². The Morgan fingerprint density at radius 3 is 2.18 bits per heavy atom. The van der Waals surface area contributed by atoms with Gasteiger partial charge in [-0.05, 0) is 25.7 Å². The number of rotatable bonds is 4. The second-order valence-corrected chi connectivity index (χ2v) is 2.73. The van der Waals surface area contributed by atoms with Crippen molar-refractivity contribution in [1.82, 2.24) is 0 Å². The molecule has 0 heterocycles. The molecule has 0 aliphatic rings. The molecule has 2 heteroatoms. The molecule has 0 unspecified atom stereocenters. The lowest BCUT2D eigenvalue weighted by molar-refractivity contribution is -0.132. The zero-order valence-corrected chi connectivity index (χ0v) is 7.42. The summed E-state index contributed by atoms with van der Waals surface area (Å²) in [6, 6.07) is 0. The summed E-state index contributed by atoms with van der Waals surface area (Å²) in [6.45, 7) is 5.78. The van der Waals surface area contributed by atoms with Crippen LogP contribution in [-0.4, -0.2) is 11.1 Å². The van der Waals surface area contributed by atoms with Crippen LogP contribution >= 0.6 is 0 Å². The standard InChI is InChI=1S/C9H16O2/c1-4-8(5-2)6-7(3)9(10)11/h6,8H,4-5H2,1-3H3,(H,10,11). The summed E-state index contributed by atoms with van der Waals surface area (Å²) < 4.78 is 0. The molecule has 0 aromatic carbocycles. The Hall–Kier alpha value is -0.790. The highest BCUT2D eigenvalue weighted by atomic mass is 16.4. The normalized spacial score (nSPS) is 12.2. The monoisotopic (exact) mass is 156 g/mol. The molecule has 0 spiro atoms. The first-order valence-electron chi connectivity index (χ1n) is 4.03. The van der Waals surface area contributed by atoms with Crippen LogP contribution in [0, 0.1) is 5.92 Å². The van der Waals surface area contributed by atoms with Crippen LogP contribution in [0.1, 0.15) is 33.6 Å². The Bertz CT molecular complexity index is 155. The minimum atomic E-state index is -0.808. The molecule has 0 atom stereocenters. The minimum Gasteiger partial charge on any atom is -0.478 e. The predicted octanol–water partition coefficient (Wildman–Crippen LogP) is 2.45. The van der Waals surface area contributed by atoms with E-state index in [1.165, 1.54) is 0 Å². The first-order valence-corrected chi connectivity index (χ1v) is 4.03. The van der Waals surface area contributed by atoms with Gasteiger partial charge in [0.15, 0.2) is 0 Å². The number of carbonyl (C=O) groups is 1. The van der Waals surface area contributed by atoms with Crippen molar-refractivity contribution in [3.8, 4) is 0 Å². The molecule has 0 fully saturated rings. The van der Waals surface area contributed by atoms with Crippen molar-refractivity contribution >= 4 is 5.97 Å². The summed E-state index contributed by atoms with van der Waals surface area (Å²) in [6.07, 6.45) is 3.87. The molecular formula is C9H16O2. The molecule has 0 aliphatic carbocycles. The van der Waals surface area contributed by atoms with Crippen molar-refractivity contribution in [3.63, 3.8) is 0 Å². The third-order valence-corrected chi connectivity index (χ3v) is 1.87. The van der Waals surface area contributed by atoms with Gasteiger partial charge in [0.25, 0.3) is 0 Å². The van der Waals surface area contributed by atoms with Gasteiger partial charge >= 0.3 is 5.97 Å². The van der Waals surface area contributed by atoms with E-state index in [4.69, 9.17) is 5.11 Å². The number of carboxylic acids is 1. The predicted molar refractivity (Wildman–Crippen MR) is 45.5 cm³/mol. The number of hydrogen-bond acceptors (Lipinski definition) is 1. The maximum absolute atomic E-state index is 10.4. The van der Waals surface area contributed by atoms with Crippen LogP contribution < -0.4 is 0 Å². The molecule has 0 amide bonds. The van der Waals surface area contributed by atoms with Gasteiger partial charge in [-0.2, -0.15) is 0 Å². The van der Waals surface area contributed by atoms with Gasteiger partial charge in [0.2, 0.25) is 0 Å². The van der Waals surface area contributed by atoms with Gasteiger partial charge in [0.05, 0.1) is 0 Å². The van der Waals surface area contributed by atoms with Crippen molar-refractivity contribution in [1.29, 1.82) is 0 Å². The summed E-state index contributed by atoms with van der Waals surface area (Å²) in [4.78, 5) is 10.4. The summed E-state index contributed by atoms with van der Waals surface area (Å²) in [5.41, 5.74) is 0.457. The van der Waals surface area contributed by atoms with Gasteiger partial charge in [0, 0.05) is 5.57 Å². The molecule has 0 aliphatic heterocycles. The number of allylic oxidation sites excluding steroid dienone is 1. The highest BCUT2D eigenvalue weighted by Crippen LogP contribution is 2.11. The zero-order valence-electron chi connectivity index (χ0n) is 7.42. The van der Waals surface area contributed by atoms with Crippen LogP contribution in [0.15, 0.2) is 11.6 Å². The second kappa shape index (κ2) is 4.94. The Morgan fingerprint density at radius 1 is 1.45 bits per heavy atom. The molecule has 2 nitrogen and oxygen atoms in total. The van der Waals surface area contributed by atoms with E-state index in [0.717, 1.165) is 12.8 Å². The lowest BCUT2D eigenvalue weighted by Gasteiger charge is -2.05. The van der Waals surface area contributed by atoms with Gasteiger partial charge in [-0.25, -0.2) is 4.79 Å². The third kappa shape index (κ3) is 3.81. The minimum absolute atomic E-state index is 0.422. The summed E-state index contributed by atoms with van der Waals surface area (Å²) in [5.74, 6) is -0.386. The van der Waals surface area contributed by atoms with Crippen LogP contribution in [-0.2, 0) is 4.79 Å². The van der Waals surface area contributed by atoms with Gasteiger partial charge in [-0.3, -0.25) is 0 Å². The molecule has 0 bridgehead atoms. The van der Waals surface area contributed by atoms with Crippen molar-refractivity contribution in [3.05, 3.63) is 11.6 Å². The zero-order chi connectivity index (χ0) is 8.85. The molecule has 64 valence electrons. The average molecular weight is 156 g/mol. The van der Waals surface area contributed by atoms with Gasteiger partial charge in [-0.15, -0.1) is 0 Å². The average Bonchev–Trinajstić information content (AvgIpc) is 1.99. The topological polar surface area (TPSA) is 37.3 Å². The van der Waals surface area contributed by atoms with E-state index < -0.39 is 5.97 Å². The first kappa shape index (κ1) is 10.2. The maximum atomic E-state index is 10.4. The maximum Gasteiger partial charge on any atom is 0.330 e. The fourth-order valence-corrected chi connectivity index (χ4v) is 0.949. The Labute approximate surface area is 67.9 Å². The van der Waals surface area contributed by atoms with Crippen LogP contribution in [0.25, 0.3) is 0 Å². The molecule has 11 heavy (non-hydrogen) atoms. The van der Waals surface area contributed by atoms with Crippen LogP contribution in [0.4, 0.5) is 0 Å². The second-order valence-electron chi connectivity index (χ2n) is 2.73. The Morgan fingerprint density at radius 2 is 1.91 bits per heavy atom. The van der Waals surface area contributed by atoms with E-state index in [0.29, 0.717) is 11.5 Å². The van der Waals surface area contributed by atoms with Crippen LogP contribution in [0.3, 0.4) is 0 Å². The fraction of sp³-hybridized carbons (Fsp3) is 0.667. The lowest BCUT2D eigenvalue weighted by Crippen LogP contribution is -2.00. The third-order valence-electron chi connectivity index (χ3n) is 1.87. The van der Waals surface area contributed by atoms with Gasteiger partial charge in [-0.1, -0.05) is 19.9 Å². The van der Waals surface area contributed by atoms with Gasteiger partial charge in [0.1, 0.15) is 0 Å². The Kier molecular flexibility index (Phi) is 4.59. The van der Waals surface area contributed by atoms with Crippen molar-refractivity contribution < 1.29 is 9.90 Å². The molecule has 1 N–H and O–H groups in total. The molecule has 0 saturated heterocycles. The van der Waals surface area contributed by atoms with Crippen molar-refractivity contribution in [2.45, 2.75) is 33.6 Å². The largest absolute Gasteiger partial charge is 0.478 e. The molecular weight excluding hydrogens is 140 g/mol. The van der Waals surface area contributed by atoms with Crippen LogP contribution in [0.5, 0.6) is 0 Å².